The Morgan fingerprint density at radius 3 is 2.41 bits per heavy atom. The topological polar surface area (TPSA) is 54.0 Å². The minimum Gasteiger partial charge on any atom is -0.383 e. The van der Waals surface area contributed by atoms with E-state index in [0.29, 0.717) is 24.2 Å². The van der Waals surface area contributed by atoms with E-state index in [9.17, 15) is 9.18 Å². The van der Waals surface area contributed by atoms with Gasteiger partial charge in [0.15, 0.2) is 0 Å². The number of amides is 1. The molecule has 0 aliphatic heterocycles. The van der Waals surface area contributed by atoms with Crippen LogP contribution in [0.3, 0.4) is 0 Å². The lowest BCUT2D eigenvalue weighted by molar-refractivity contribution is 0.0955. The van der Waals surface area contributed by atoms with Crippen LogP contribution in [-0.2, 0) is 0 Å². The molecule has 1 aromatic carbocycles. The lowest BCUT2D eigenvalue weighted by Crippen LogP contribution is -2.29. The summed E-state index contributed by atoms with van der Waals surface area (Å²) in [6.45, 7) is 6.71. The van der Waals surface area contributed by atoms with Gasteiger partial charge in [-0.05, 0) is 55.7 Å². The summed E-state index contributed by atoms with van der Waals surface area (Å²) in [4.78, 5) is 16.1. The van der Waals surface area contributed by atoms with Crippen molar-refractivity contribution in [3.05, 3.63) is 58.7 Å². The summed E-state index contributed by atoms with van der Waals surface area (Å²) < 4.78 is 13.2. The Bertz CT molecular complexity index is 665. The van der Waals surface area contributed by atoms with Gasteiger partial charge in [-0.25, -0.2) is 4.39 Å². The number of rotatable bonds is 5. The molecule has 2 N–H and O–H groups in total. The van der Waals surface area contributed by atoms with E-state index in [4.69, 9.17) is 0 Å². The fraction of sp³-hybridized carbons (Fsp3) is 0.294. The largest absolute Gasteiger partial charge is 0.383 e. The Labute approximate surface area is 129 Å². The molecule has 0 saturated heterocycles. The van der Waals surface area contributed by atoms with Crippen molar-refractivity contribution in [2.45, 2.75) is 20.8 Å². The van der Waals surface area contributed by atoms with Crippen LogP contribution < -0.4 is 10.6 Å². The van der Waals surface area contributed by atoms with E-state index in [1.165, 1.54) is 12.1 Å². The van der Waals surface area contributed by atoms with Gasteiger partial charge in [0.2, 0.25) is 0 Å². The van der Waals surface area contributed by atoms with E-state index in [0.717, 1.165) is 16.8 Å². The van der Waals surface area contributed by atoms with Crippen LogP contribution in [0, 0.1) is 26.6 Å². The molecule has 5 heteroatoms. The number of carbonyl (C=O) groups excluding carboxylic acids is 1. The van der Waals surface area contributed by atoms with Crippen LogP contribution in [0.2, 0.25) is 0 Å². The Hall–Kier alpha value is -2.43. The molecular formula is C17H20FN3O. The third-order valence-electron chi connectivity index (χ3n) is 3.46. The van der Waals surface area contributed by atoms with Gasteiger partial charge in [-0.1, -0.05) is 0 Å². The van der Waals surface area contributed by atoms with Crippen LogP contribution in [-0.4, -0.2) is 24.0 Å². The molecule has 0 radical (unpaired) electrons. The van der Waals surface area contributed by atoms with Crippen molar-refractivity contribution in [2.75, 3.05) is 18.4 Å². The van der Waals surface area contributed by atoms with Crippen molar-refractivity contribution < 1.29 is 9.18 Å². The van der Waals surface area contributed by atoms with Crippen molar-refractivity contribution in [3.63, 3.8) is 0 Å². The number of nitrogens with one attached hydrogen (secondary N) is 2. The predicted molar refractivity (Wildman–Crippen MR) is 85.7 cm³/mol. The van der Waals surface area contributed by atoms with E-state index >= 15 is 0 Å². The van der Waals surface area contributed by atoms with Crippen LogP contribution in [0.15, 0.2) is 30.6 Å². The van der Waals surface area contributed by atoms with Gasteiger partial charge in [0.25, 0.3) is 5.91 Å². The van der Waals surface area contributed by atoms with Crippen molar-refractivity contribution >= 4 is 11.6 Å². The Morgan fingerprint density at radius 1 is 1.09 bits per heavy atom. The number of nitrogens with zero attached hydrogens (tertiary/aromatic N) is 1. The molecule has 0 spiro atoms. The van der Waals surface area contributed by atoms with Crippen molar-refractivity contribution in [1.82, 2.24) is 10.3 Å². The molecule has 116 valence electrons. The zero-order valence-electron chi connectivity index (χ0n) is 13.0. The normalized spacial score (nSPS) is 10.4. The van der Waals surface area contributed by atoms with Crippen LogP contribution in [0.1, 0.15) is 27.0 Å². The van der Waals surface area contributed by atoms with Gasteiger partial charge in [0, 0.05) is 36.7 Å². The van der Waals surface area contributed by atoms with Crippen LogP contribution in [0.25, 0.3) is 0 Å². The quantitative estimate of drug-likeness (QED) is 0.835. The molecule has 1 amide bonds. The maximum atomic E-state index is 13.2. The number of anilines is 1. The number of carbonyl (C=O) groups is 1. The first kappa shape index (κ1) is 15.9. The van der Waals surface area contributed by atoms with Gasteiger partial charge < -0.3 is 10.6 Å². The summed E-state index contributed by atoms with van der Waals surface area (Å²) in [6, 6.07) is 4.35. The number of benzene rings is 1. The standard InChI is InChI=1S/C17H20FN3O/c1-11-8-14(4-5-15(11)18)17(22)21-7-6-20-16-12(2)9-19-10-13(16)3/h4-5,8-10H,6-7H2,1-3H3,(H,19,20)(H,21,22). The molecule has 2 aromatic rings. The SMILES string of the molecule is Cc1cc(C(=O)NCCNc2c(C)cncc2C)ccc1F. The predicted octanol–water partition coefficient (Wildman–Crippen LogP) is 2.99. The summed E-state index contributed by atoms with van der Waals surface area (Å²) in [5, 5.41) is 6.11. The highest BCUT2D eigenvalue weighted by atomic mass is 19.1. The third kappa shape index (κ3) is 3.81. The second-order valence-corrected chi connectivity index (χ2v) is 5.29. The molecule has 0 bridgehead atoms. The van der Waals surface area contributed by atoms with E-state index < -0.39 is 0 Å². The number of hydrogen-bond donors (Lipinski definition) is 2. The van der Waals surface area contributed by atoms with E-state index in [1.807, 2.05) is 13.8 Å². The molecule has 0 unspecified atom stereocenters. The van der Waals surface area contributed by atoms with Crippen molar-refractivity contribution in [2.24, 2.45) is 0 Å². The molecule has 1 heterocycles. The number of aryl methyl sites for hydroxylation is 3. The lowest BCUT2D eigenvalue weighted by atomic mass is 10.1. The maximum Gasteiger partial charge on any atom is 0.251 e. The summed E-state index contributed by atoms with van der Waals surface area (Å²) >= 11 is 0. The minimum absolute atomic E-state index is 0.201. The molecule has 0 aliphatic carbocycles. The summed E-state index contributed by atoms with van der Waals surface area (Å²) in [6.07, 6.45) is 3.60. The first-order valence-corrected chi connectivity index (χ1v) is 7.18. The smallest absolute Gasteiger partial charge is 0.251 e. The maximum absolute atomic E-state index is 13.2. The number of pyridine rings is 1. The monoisotopic (exact) mass is 301 g/mol. The van der Waals surface area contributed by atoms with Crippen LogP contribution >= 0.6 is 0 Å². The molecule has 0 aliphatic rings. The average Bonchev–Trinajstić information content (AvgIpc) is 2.48. The molecule has 2 rings (SSSR count). The van der Waals surface area contributed by atoms with E-state index in [1.54, 1.807) is 25.4 Å². The van der Waals surface area contributed by atoms with Gasteiger partial charge in [0.05, 0.1) is 0 Å². The highest BCUT2D eigenvalue weighted by Crippen LogP contribution is 2.17. The molecule has 1 aromatic heterocycles. The third-order valence-corrected chi connectivity index (χ3v) is 3.46. The lowest BCUT2D eigenvalue weighted by Gasteiger charge is -2.12. The van der Waals surface area contributed by atoms with Gasteiger partial charge in [0.1, 0.15) is 5.82 Å². The Morgan fingerprint density at radius 2 is 1.77 bits per heavy atom. The summed E-state index contributed by atoms with van der Waals surface area (Å²) in [5.74, 6) is -0.505. The second-order valence-electron chi connectivity index (χ2n) is 5.29. The van der Waals surface area contributed by atoms with Crippen molar-refractivity contribution in [3.8, 4) is 0 Å². The molecule has 0 atom stereocenters. The van der Waals surface area contributed by atoms with Crippen molar-refractivity contribution in [1.29, 1.82) is 0 Å². The Balaban J connectivity index is 1.86. The zero-order valence-corrected chi connectivity index (χ0v) is 13.0. The number of halogens is 1. The Kier molecular flexibility index (Phi) is 5.09. The summed E-state index contributed by atoms with van der Waals surface area (Å²) in [5.41, 5.74) is 4.12. The van der Waals surface area contributed by atoms with Gasteiger partial charge >= 0.3 is 0 Å². The highest BCUT2D eigenvalue weighted by molar-refractivity contribution is 5.94. The molecule has 4 nitrogen and oxygen atoms in total. The number of aromatic nitrogens is 1. The van der Waals surface area contributed by atoms with Gasteiger partial charge in [-0.3, -0.25) is 9.78 Å². The zero-order chi connectivity index (χ0) is 16.1. The average molecular weight is 301 g/mol. The highest BCUT2D eigenvalue weighted by Gasteiger charge is 2.07. The van der Waals surface area contributed by atoms with E-state index in [2.05, 4.69) is 15.6 Å². The molecule has 0 saturated carbocycles. The molecule has 0 fully saturated rings. The second kappa shape index (κ2) is 7.02. The van der Waals surface area contributed by atoms with Crippen LogP contribution in [0.4, 0.5) is 10.1 Å². The van der Waals surface area contributed by atoms with Crippen LogP contribution in [0.5, 0.6) is 0 Å². The summed E-state index contributed by atoms with van der Waals surface area (Å²) in [7, 11) is 0. The van der Waals surface area contributed by atoms with Gasteiger partial charge in [-0.2, -0.15) is 0 Å². The first-order chi connectivity index (χ1) is 10.5. The molecule has 22 heavy (non-hydrogen) atoms. The molecular weight excluding hydrogens is 281 g/mol. The van der Waals surface area contributed by atoms with Gasteiger partial charge in [-0.15, -0.1) is 0 Å². The van der Waals surface area contributed by atoms with E-state index in [-0.39, 0.29) is 11.7 Å². The first-order valence-electron chi connectivity index (χ1n) is 7.18. The minimum atomic E-state index is -0.304. The fourth-order valence-electron chi connectivity index (χ4n) is 2.23. The fourth-order valence-corrected chi connectivity index (χ4v) is 2.23. The number of hydrogen-bond acceptors (Lipinski definition) is 3.